The van der Waals surface area contributed by atoms with Gasteiger partial charge in [-0.3, -0.25) is 0 Å². The lowest BCUT2D eigenvalue weighted by Gasteiger charge is -2.06. The molecular formula is C13H14ClNS2. The van der Waals surface area contributed by atoms with Crippen LogP contribution in [0.5, 0.6) is 0 Å². The van der Waals surface area contributed by atoms with Crippen molar-refractivity contribution in [2.24, 2.45) is 5.73 Å². The molecule has 2 rings (SSSR count). The first-order chi connectivity index (χ1) is 8.15. The van der Waals surface area contributed by atoms with Crippen LogP contribution in [0.25, 0.3) is 0 Å². The third kappa shape index (κ3) is 3.75. The van der Waals surface area contributed by atoms with Gasteiger partial charge in [-0.05, 0) is 54.6 Å². The second-order valence-electron chi connectivity index (χ2n) is 3.97. The third-order valence-corrected chi connectivity index (χ3v) is 4.77. The van der Waals surface area contributed by atoms with Crippen LogP contribution in [-0.4, -0.2) is 6.04 Å². The van der Waals surface area contributed by atoms with E-state index in [1.165, 1.54) is 14.7 Å². The van der Waals surface area contributed by atoms with E-state index in [9.17, 15) is 0 Å². The van der Waals surface area contributed by atoms with E-state index in [4.69, 9.17) is 17.3 Å². The molecule has 1 heterocycles. The first kappa shape index (κ1) is 13.0. The molecule has 17 heavy (non-hydrogen) atoms. The molecule has 1 aromatic heterocycles. The van der Waals surface area contributed by atoms with Crippen molar-refractivity contribution in [1.82, 2.24) is 0 Å². The van der Waals surface area contributed by atoms with Crippen molar-refractivity contribution in [2.75, 3.05) is 0 Å². The molecule has 0 aliphatic carbocycles. The average Bonchev–Trinajstić information content (AvgIpc) is 2.68. The van der Waals surface area contributed by atoms with Crippen molar-refractivity contribution in [3.8, 4) is 0 Å². The Labute approximate surface area is 115 Å². The number of halogens is 1. The van der Waals surface area contributed by atoms with Gasteiger partial charge in [0.2, 0.25) is 0 Å². The van der Waals surface area contributed by atoms with Crippen molar-refractivity contribution in [1.29, 1.82) is 0 Å². The van der Waals surface area contributed by atoms with E-state index in [2.05, 4.69) is 11.4 Å². The van der Waals surface area contributed by atoms with Gasteiger partial charge in [0.05, 0.1) is 4.21 Å². The van der Waals surface area contributed by atoms with Crippen LogP contribution in [0, 0.1) is 0 Å². The highest BCUT2D eigenvalue weighted by molar-refractivity contribution is 8.01. The molecule has 2 N–H and O–H groups in total. The fraction of sp³-hybridized carbons (Fsp3) is 0.231. The normalized spacial score (nSPS) is 12.6. The maximum atomic E-state index is 5.87. The predicted molar refractivity (Wildman–Crippen MR) is 77.2 cm³/mol. The fourth-order valence-electron chi connectivity index (χ4n) is 1.52. The van der Waals surface area contributed by atoms with Gasteiger partial charge >= 0.3 is 0 Å². The Hall–Kier alpha value is -0.480. The monoisotopic (exact) mass is 283 g/mol. The van der Waals surface area contributed by atoms with Gasteiger partial charge < -0.3 is 5.73 Å². The van der Waals surface area contributed by atoms with Crippen molar-refractivity contribution in [2.45, 2.75) is 28.5 Å². The SMILES string of the molecule is CC(N)Cc1ccsc1Sc1ccc(Cl)cc1. The Morgan fingerprint density at radius 2 is 2.00 bits per heavy atom. The number of hydrogen-bond acceptors (Lipinski definition) is 3. The summed E-state index contributed by atoms with van der Waals surface area (Å²) in [7, 11) is 0. The molecular weight excluding hydrogens is 270 g/mol. The Kier molecular flexibility index (Phi) is 4.51. The summed E-state index contributed by atoms with van der Waals surface area (Å²) in [5.41, 5.74) is 7.18. The lowest BCUT2D eigenvalue weighted by Crippen LogP contribution is -2.17. The van der Waals surface area contributed by atoms with E-state index in [1.54, 1.807) is 23.1 Å². The van der Waals surface area contributed by atoms with E-state index >= 15 is 0 Å². The molecule has 4 heteroatoms. The van der Waals surface area contributed by atoms with Crippen LogP contribution in [0.4, 0.5) is 0 Å². The number of hydrogen-bond donors (Lipinski definition) is 1. The third-order valence-electron chi connectivity index (χ3n) is 2.27. The smallest absolute Gasteiger partial charge is 0.0678 e. The van der Waals surface area contributed by atoms with E-state index in [0.717, 1.165) is 11.4 Å². The lowest BCUT2D eigenvalue weighted by atomic mass is 10.1. The average molecular weight is 284 g/mol. The van der Waals surface area contributed by atoms with Crippen LogP contribution < -0.4 is 5.73 Å². The van der Waals surface area contributed by atoms with Crippen LogP contribution in [0.15, 0.2) is 44.8 Å². The van der Waals surface area contributed by atoms with Crippen molar-refractivity contribution in [3.63, 3.8) is 0 Å². The number of thiophene rings is 1. The summed E-state index contributed by atoms with van der Waals surface area (Å²) < 4.78 is 1.32. The van der Waals surface area contributed by atoms with Gasteiger partial charge in [0.25, 0.3) is 0 Å². The molecule has 0 saturated heterocycles. The largest absolute Gasteiger partial charge is 0.328 e. The highest BCUT2D eigenvalue weighted by Crippen LogP contribution is 2.35. The topological polar surface area (TPSA) is 26.0 Å². The minimum Gasteiger partial charge on any atom is -0.328 e. The zero-order valence-electron chi connectivity index (χ0n) is 9.52. The minimum absolute atomic E-state index is 0.203. The van der Waals surface area contributed by atoms with E-state index in [0.29, 0.717) is 0 Å². The lowest BCUT2D eigenvalue weighted by molar-refractivity contribution is 0.733. The maximum absolute atomic E-state index is 5.87. The van der Waals surface area contributed by atoms with Gasteiger partial charge in [-0.1, -0.05) is 23.4 Å². The van der Waals surface area contributed by atoms with Crippen molar-refractivity contribution in [3.05, 3.63) is 46.3 Å². The van der Waals surface area contributed by atoms with Gasteiger partial charge in [0.1, 0.15) is 0 Å². The first-order valence-corrected chi connectivity index (χ1v) is 7.48. The summed E-state index contributed by atoms with van der Waals surface area (Å²) >= 11 is 9.41. The van der Waals surface area contributed by atoms with E-state index in [1.807, 2.05) is 31.2 Å². The molecule has 0 aliphatic rings. The molecule has 0 radical (unpaired) electrons. The molecule has 0 bridgehead atoms. The predicted octanol–water partition coefficient (Wildman–Crippen LogP) is 4.44. The molecule has 1 unspecified atom stereocenters. The number of rotatable bonds is 4. The Balaban J connectivity index is 2.13. The zero-order valence-corrected chi connectivity index (χ0v) is 11.9. The Bertz CT molecular complexity index is 476. The van der Waals surface area contributed by atoms with Gasteiger partial charge in [0, 0.05) is 16.0 Å². The van der Waals surface area contributed by atoms with E-state index in [-0.39, 0.29) is 6.04 Å². The number of benzene rings is 1. The zero-order chi connectivity index (χ0) is 12.3. The molecule has 0 saturated carbocycles. The molecule has 0 fully saturated rings. The fourth-order valence-corrected chi connectivity index (χ4v) is 3.72. The second kappa shape index (κ2) is 5.91. The summed E-state index contributed by atoms with van der Waals surface area (Å²) in [6.07, 6.45) is 0.930. The molecule has 90 valence electrons. The van der Waals surface area contributed by atoms with Gasteiger partial charge in [-0.25, -0.2) is 0 Å². The first-order valence-electron chi connectivity index (χ1n) is 5.40. The molecule has 1 atom stereocenters. The van der Waals surface area contributed by atoms with Crippen LogP contribution >= 0.6 is 34.7 Å². The van der Waals surface area contributed by atoms with Crippen LogP contribution in [-0.2, 0) is 6.42 Å². The standard InChI is InChI=1S/C13H14ClNS2/c1-9(15)8-10-6-7-16-13(10)17-12-4-2-11(14)3-5-12/h2-7,9H,8,15H2,1H3. The Morgan fingerprint density at radius 1 is 1.29 bits per heavy atom. The van der Waals surface area contributed by atoms with Crippen molar-refractivity contribution >= 4 is 34.7 Å². The summed E-state index contributed by atoms with van der Waals surface area (Å²) in [5, 5.41) is 2.90. The van der Waals surface area contributed by atoms with Crippen molar-refractivity contribution < 1.29 is 0 Å². The minimum atomic E-state index is 0.203. The molecule has 1 nitrogen and oxygen atoms in total. The molecule has 0 aliphatic heterocycles. The highest BCUT2D eigenvalue weighted by Gasteiger charge is 2.08. The molecule has 0 amide bonds. The summed E-state index contributed by atoms with van der Waals surface area (Å²) in [6.45, 7) is 2.04. The van der Waals surface area contributed by atoms with Crippen LogP contribution in [0.3, 0.4) is 0 Å². The Morgan fingerprint density at radius 3 is 2.65 bits per heavy atom. The second-order valence-corrected chi connectivity index (χ2v) is 6.67. The van der Waals surface area contributed by atoms with Gasteiger partial charge in [-0.15, -0.1) is 11.3 Å². The van der Waals surface area contributed by atoms with E-state index < -0.39 is 0 Å². The highest BCUT2D eigenvalue weighted by atomic mass is 35.5. The maximum Gasteiger partial charge on any atom is 0.0678 e. The van der Waals surface area contributed by atoms with Crippen LogP contribution in [0.2, 0.25) is 5.02 Å². The van der Waals surface area contributed by atoms with Crippen LogP contribution in [0.1, 0.15) is 12.5 Å². The molecule has 2 aromatic rings. The molecule has 0 spiro atoms. The summed E-state index contributed by atoms with van der Waals surface area (Å²) in [5.74, 6) is 0. The van der Waals surface area contributed by atoms with Gasteiger partial charge in [-0.2, -0.15) is 0 Å². The van der Waals surface area contributed by atoms with Gasteiger partial charge in [0.15, 0.2) is 0 Å². The summed E-state index contributed by atoms with van der Waals surface area (Å²) in [4.78, 5) is 1.21. The summed E-state index contributed by atoms with van der Waals surface area (Å²) in [6, 6.07) is 10.3. The number of nitrogens with two attached hydrogens (primary N) is 1. The molecule has 1 aromatic carbocycles. The quantitative estimate of drug-likeness (QED) is 0.897.